The maximum absolute atomic E-state index is 12.0. The average molecular weight is 280 g/mol. The zero-order valence-corrected chi connectivity index (χ0v) is 12.2. The highest BCUT2D eigenvalue weighted by atomic mass is 32.2. The second-order valence-electron chi connectivity index (χ2n) is 5.43. The Labute approximate surface area is 109 Å². The van der Waals surface area contributed by atoms with Gasteiger partial charge in [-0.15, -0.1) is 0 Å². The molecule has 1 aliphatic rings. The molecule has 1 heterocycles. The van der Waals surface area contributed by atoms with Crippen LogP contribution in [0.4, 0.5) is 0 Å². The zero-order chi connectivity index (χ0) is 13.8. The van der Waals surface area contributed by atoms with Crippen molar-refractivity contribution < 1.29 is 18.3 Å². The maximum atomic E-state index is 12.0. The maximum Gasteiger partial charge on any atom is 0.279 e. The Balaban J connectivity index is 2.50. The minimum absolute atomic E-state index is 0.0326. The molecule has 0 aromatic rings. The minimum atomic E-state index is -3.51. The monoisotopic (exact) mass is 280 g/mol. The standard InChI is InChI=1S/C11H24N2O4S/c1-10(2)8-11(3,14)9-12-18(15,16)13-4-6-17-7-5-13/h10,12,14H,4-9H2,1-3H3. The van der Waals surface area contributed by atoms with E-state index in [-0.39, 0.29) is 6.54 Å². The molecule has 0 radical (unpaired) electrons. The molecule has 0 aromatic heterocycles. The second-order valence-corrected chi connectivity index (χ2v) is 7.19. The average Bonchev–Trinajstić information content (AvgIpc) is 2.26. The molecular formula is C11H24N2O4S. The van der Waals surface area contributed by atoms with Gasteiger partial charge in [-0.1, -0.05) is 13.8 Å². The molecule has 1 atom stereocenters. The van der Waals surface area contributed by atoms with Gasteiger partial charge in [0, 0.05) is 19.6 Å². The van der Waals surface area contributed by atoms with Gasteiger partial charge < -0.3 is 9.84 Å². The Kier molecular flexibility index (Phi) is 5.54. The Morgan fingerprint density at radius 3 is 2.44 bits per heavy atom. The van der Waals surface area contributed by atoms with E-state index >= 15 is 0 Å². The van der Waals surface area contributed by atoms with Gasteiger partial charge in [0.15, 0.2) is 0 Å². The summed E-state index contributed by atoms with van der Waals surface area (Å²) >= 11 is 0. The number of rotatable bonds is 6. The van der Waals surface area contributed by atoms with Crippen molar-refractivity contribution in [2.45, 2.75) is 32.8 Å². The lowest BCUT2D eigenvalue weighted by molar-refractivity contribution is 0.0421. The van der Waals surface area contributed by atoms with Crippen molar-refractivity contribution in [3.63, 3.8) is 0 Å². The predicted molar refractivity (Wildman–Crippen MR) is 69.4 cm³/mol. The van der Waals surface area contributed by atoms with Crippen LogP contribution in [0.1, 0.15) is 27.2 Å². The van der Waals surface area contributed by atoms with Crippen LogP contribution >= 0.6 is 0 Å². The number of morpholine rings is 1. The van der Waals surface area contributed by atoms with Crippen LogP contribution in [0.5, 0.6) is 0 Å². The highest BCUT2D eigenvalue weighted by Gasteiger charge is 2.28. The summed E-state index contributed by atoms with van der Waals surface area (Å²) in [6.45, 7) is 7.23. The van der Waals surface area contributed by atoms with E-state index in [1.165, 1.54) is 4.31 Å². The molecule has 1 saturated heterocycles. The van der Waals surface area contributed by atoms with Crippen LogP contribution < -0.4 is 4.72 Å². The Morgan fingerprint density at radius 2 is 1.94 bits per heavy atom. The van der Waals surface area contributed by atoms with Gasteiger partial charge in [0.05, 0.1) is 18.8 Å². The molecule has 0 aliphatic carbocycles. The molecule has 6 nitrogen and oxygen atoms in total. The topological polar surface area (TPSA) is 78.9 Å². The van der Waals surface area contributed by atoms with Crippen molar-refractivity contribution in [2.24, 2.45) is 5.92 Å². The number of aliphatic hydroxyl groups is 1. The summed E-state index contributed by atoms with van der Waals surface area (Å²) in [6.07, 6.45) is 0.554. The lowest BCUT2D eigenvalue weighted by Crippen LogP contribution is -2.50. The molecule has 0 spiro atoms. The van der Waals surface area contributed by atoms with Crippen molar-refractivity contribution in [3.8, 4) is 0 Å². The molecule has 1 rings (SSSR count). The molecule has 18 heavy (non-hydrogen) atoms. The molecule has 1 fully saturated rings. The number of hydrogen-bond acceptors (Lipinski definition) is 4. The van der Waals surface area contributed by atoms with Gasteiger partial charge in [-0.3, -0.25) is 0 Å². The molecule has 0 amide bonds. The Morgan fingerprint density at radius 1 is 1.39 bits per heavy atom. The fourth-order valence-electron chi connectivity index (χ4n) is 2.08. The molecule has 0 aromatic carbocycles. The summed E-state index contributed by atoms with van der Waals surface area (Å²) in [5.41, 5.74) is -1.02. The van der Waals surface area contributed by atoms with Crippen LogP contribution in [-0.4, -0.2) is 56.3 Å². The quantitative estimate of drug-likeness (QED) is 0.715. The summed E-state index contributed by atoms with van der Waals surface area (Å²) < 4.78 is 32.9. The van der Waals surface area contributed by atoms with E-state index in [9.17, 15) is 13.5 Å². The molecule has 0 bridgehead atoms. The fraction of sp³-hybridized carbons (Fsp3) is 1.00. The first kappa shape index (κ1) is 15.8. The van der Waals surface area contributed by atoms with Gasteiger partial charge in [0.25, 0.3) is 10.2 Å². The van der Waals surface area contributed by atoms with E-state index < -0.39 is 15.8 Å². The van der Waals surface area contributed by atoms with E-state index in [4.69, 9.17) is 4.74 Å². The van der Waals surface area contributed by atoms with E-state index in [1.54, 1.807) is 6.92 Å². The number of nitrogens with one attached hydrogen (secondary N) is 1. The van der Waals surface area contributed by atoms with Crippen LogP contribution in [0.2, 0.25) is 0 Å². The van der Waals surface area contributed by atoms with Crippen LogP contribution in [0.15, 0.2) is 0 Å². The van der Waals surface area contributed by atoms with Crippen molar-refractivity contribution >= 4 is 10.2 Å². The number of hydrogen-bond donors (Lipinski definition) is 2. The smallest absolute Gasteiger partial charge is 0.279 e. The first-order valence-electron chi connectivity index (χ1n) is 6.28. The second kappa shape index (κ2) is 6.29. The van der Waals surface area contributed by atoms with Crippen LogP contribution in [0.3, 0.4) is 0 Å². The minimum Gasteiger partial charge on any atom is -0.389 e. The fourth-order valence-corrected chi connectivity index (χ4v) is 3.38. The van der Waals surface area contributed by atoms with E-state index in [0.717, 1.165) is 0 Å². The summed E-state index contributed by atoms with van der Waals surface area (Å²) in [4.78, 5) is 0. The first-order valence-corrected chi connectivity index (χ1v) is 7.72. The van der Waals surface area contributed by atoms with Gasteiger partial charge in [0.2, 0.25) is 0 Å². The number of nitrogens with zero attached hydrogens (tertiary/aromatic N) is 1. The van der Waals surface area contributed by atoms with Gasteiger partial charge in [0.1, 0.15) is 0 Å². The molecule has 1 aliphatic heterocycles. The first-order chi connectivity index (χ1) is 8.23. The highest BCUT2D eigenvalue weighted by molar-refractivity contribution is 7.87. The SMILES string of the molecule is CC(C)CC(C)(O)CNS(=O)(=O)N1CCOCC1. The van der Waals surface area contributed by atoms with Crippen LogP contribution in [0.25, 0.3) is 0 Å². The summed E-state index contributed by atoms with van der Waals surface area (Å²) in [6, 6.07) is 0. The molecule has 2 N–H and O–H groups in total. The Hall–Kier alpha value is -0.210. The van der Waals surface area contributed by atoms with Crippen molar-refractivity contribution in [2.75, 3.05) is 32.8 Å². The normalized spacial score (nSPS) is 22.1. The highest BCUT2D eigenvalue weighted by Crippen LogP contribution is 2.15. The van der Waals surface area contributed by atoms with E-state index in [2.05, 4.69) is 4.72 Å². The van der Waals surface area contributed by atoms with Crippen LogP contribution in [0, 0.1) is 5.92 Å². The van der Waals surface area contributed by atoms with Gasteiger partial charge >= 0.3 is 0 Å². The molecule has 7 heteroatoms. The largest absolute Gasteiger partial charge is 0.389 e. The molecule has 108 valence electrons. The third kappa shape index (κ3) is 5.19. The third-order valence-corrected chi connectivity index (χ3v) is 4.35. The molecule has 1 unspecified atom stereocenters. The Bertz CT molecular complexity index is 348. The zero-order valence-electron chi connectivity index (χ0n) is 11.3. The van der Waals surface area contributed by atoms with Crippen molar-refractivity contribution in [1.29, 1.82) is 0 Å². The van der Waals surface area contributed by atoms with Crippen molar-refractivity contribution in [3.05, 3.63) is 0 Å². The van der Waals surface area contributed by atoms with Gasteiger partial charge in [-0.05, 0) is 19.3 Å². The summed E-state index contributed by atoms with van der Waals surface area (Å²) in [5.74, 6) is 0.313. The molecular weight excluding hydrogens is 256 g/mol. The van der Waals surface area contributed by atoms with Crippen molar-refractivity contribution in [1.82, 2.24) is 9.03 Å². The van der Waals surface area contributed by atoms with E-state index in [0.29, 0.717) is 38.6 Å². The van der Waals surface area contributed by atoms with E-state index in [1.807, 2.05) is 13.8 Å². The van der Waals surface area contributed by atoms with Gasteiger partial charge in [-0.25, -0.2) is 0 Å². The number of ether oxygens (including phenoxy) is 1. The summed E-state index contributed by atoms with van der Waals surface area (Å²) in [5, 5.41) is 10.1. The van der Waals surface area contributed by atoms with Crippen LogP contribution in [-0.2, 0) is 14.9 Å². The predicted octanol–water partition coefficient (Wildman–Crippen LogP) is -0.0499. The lowest BCUT2D eigenvalue weighted by Gasteiger charge is -2.29. The summed E-state index contributed by atoms with van der Waals surface area (Å²) in [7, 11) is -3.51. The third-order valence-electron chi connectivity index (χ3n) is 2.79. The lowest BCUT2D eigenvalue weighted by atomic mass is 9.95. The van der Waals surface area contributed by atoms with Gasteiger partial charge in [-0.2, -0.15) is 17.4 Å². The molecule has 0 saturated carbocycles.